The van der Waals surface area contributed by atoms with Gasteiger partial charge in [-0.1, -0.05) is 11.3 Å². The van der Waals surface area contributed by atoms with Gasteiger partial charge in [-0.2, -0.15) is 5.10 Å². The Morgan fingerprint density at radius 3 is 2.65 bits per heavy atom. The van der Waals surface area contributed by atoms with Gasteiger partial charge >= 0.3 is 0 Å². The van der Waals surface area contributed by atoms with E-state index in [-0.39, 0.29) is 0 Å². The first-order chi connectivity index (χ1) is 8.29. The molecule has 1 aromatic carbocycles. The van der Waals surface area contributed by atoms with E-state index in [0.717, 1.165) is 16.4 Å². The van der Waals surface area contributed by atoms with Gasteiger partial charge in [0.2, 0.25) is 4.96 Å². The summed E-state index contributed by atoms with van der Waals surface area (Å²) < 4.78 is 7.02. The third kappa shape index (κ3) is 1.59. The van der Waals surface area contributed by atoms with E-state index in [0.29, 0.717) is 0 Å². The molecule has 0 aliphatic carbocycles. The Balaban J connectivity index is 2.12. The molecule has 4 nitrogen and oxygen atoms in total. The van der Waals surface area contributed by atoms with E-state index in [2.05, 4.69) is 29.1 Å². The number of hydrogen-bond acceptors (Lipinski definition) is 4. The molecule has 0 aliphatic heterocycles. The number of aryl methyl sites for hydroxylation is 1. The Morgan fingerprint density at radius 2 is 2.00 bits per heavy atom. The predicted molar refractivity (Wildman–Crippen MR) is 67.6 cm³/mol. The monoisotopic (exact) mass is 245 g/mol. The summed E-state index contributed by atoms with van der Waals surface area (Å²) in [5.41, 5.74) is 2.29. The van der Waals surface area contributed by atoms with Crippen LogP contribution in [0, 0.1) is 6.92 Å². The first-order valence-electron chi connectivity index (χ1n) is 5.23. The van der Waals surface area contributed by atoms with Gasteiger partial charge < -0.3 is 4.74 Å². The minimum atomic E-state index is 0.867. The second-order valence-electron chi connectivity index (χ2n) is 3.70. The molecule has 0 unspecified atom stereocenters. The van der Waals surface area contributed by atoms with Gasteiger partial charge in [0.05, 0.1) is 17.7 Å². The number of thiazole rings is 1. The van der Waals surface area contributed by atoms with Gasteiger partial charge in [0, 0.05) is 0 Å². The van der Waals surface area contributed by atoms with Gasteiger partial charge in [-0.3, -0.25) is 0 Å². The lowest BCUT2D eigenvalue weighted by Gasteiger charge is -2.02. The molecule has 0 fully saturated rings. The molecule has 0 atom stereocenters. The van der Waals surface area contributed by atoms with Crippen LogP contribution in [0.15, 0.2) is 30.6 Å². The second-order valence-corrected chi connectivity index (χ2v) is 4.68. The van der Waals surface area contributed by atoms with Gasteiger partial charge in [0.25, 0.3) is 0 Å². The molecule has 0 saturated heterocycles. The minimum Gasteiger partial charge on any atom is -0.497 e. The van der Waals surface area contributed by atoms with E-state index in [1.807, 2.05) is 16.6 Å². The highest BCUT2D eigenvalue weighted by molar-refractivity contribution is 7.20. The average molecular weight is 245 g/mol. The molecule has 86 valence electrons. The summed E-state index contributed by atoms with van der Waals surface area (Å²) in [6.45, 7) is 2.05. The molecule has 3 rings (SSSR count). The van der Waals surface area contributed by atoms with Crippen LogP contribution in [-0.4, -0.2) is 21.7 Å². The van der Waals surface area contributed by atoms with E-state index >= 15 is 0 Å². The van der Waals surface area contributed by atoms with Crippen molar-refractivity contribution in [2.75, 3.05) is 7.11 Å². The number of rotatable bonds is 2. The molecule has 3 aromatic rings. The van der Waals surface area contributed by atoms with Crippen LogP contribution < -0.4 is 4.74 Å². The van der Waals surface area contributed by atoms with Crippen LogP contribution >= 0.6 is 11.3 Å². The van der Waals surface area contributed by atoms with Crippen molar-refractivity contribution in [3.05, 3.63) is 36.3 Å². The number of nitrogens with zero attached hydrogens (tertiary/aromatic N) is 3. The Labute approximate surface area is 102 Å². The molecule has 2 heterocycles. The summed E-state index contributed by atoms with van der Waals surface area (Å²) in [4.78, 5) is 6.33. The maximum absolute atomic E-state index is 5.15. The molecule has 0 amide bonds. The highest BCUT2D eigenvalue weighted by Gasteiger charge is 2.11. The summed E-state index contributed by atoms with van der Waals surface area (Å²) in [7, 11) is 1.67. The molecule has 0 aliphatic rings. The highest BCUT2D eigenvalue weighted by Crippen LogP contribution is 2.32. The van der Waals surface area contributed by atoms with Crippen molar-refractivity contribution in [1.29, 1.82) is 0 Å². The number of aromatic nitrogens is 3. The average Bonchev–Trinajstić information content (AvgIpc) is 2.93. The number of hydrogen-bond donors (Lipinski definition) is 0. The van der Waals surface area contributed by atoms with Crippen molar-refractivity contribution in [2.24, 2.45) is 0 Å². The van der Waals surface area contributed by atoms with Crippen molar-refractivity contribution in [3.63, 3.8) is 0 Å². The molecule has 0 spiro atoms. The number of benzene rings is 1. The lowest BCUT2D eigenvalue weighted by Crippen LogP contribution is -1.87. The summed E-state index contributed by atoms with van der Waals surface area (Å²) >= 11 is 1.65. The summed E-state index contributed by atoms with van der Waals surface area (Å²) in [5.74, 6) is 0.867. The topological polar surface area (TPSA) is 39.4 Å². The fraction of sp³-hybridized carbons (Fsp3) is 0.167. The summed E-state index contributed by atoms with van der Waals surface area (Å²) in [5, 5.41) is 4.19. The molecular formula is C12H11N3OS. The van der Waals surface area contributed by atoms with Crippen LogP contribution in [0.25, 0.3) is 15.4 Å². The molecule has 2 aromatic heterocycles. The number of ether oxygens (including phenoxy) is 1. The number of fused-ring (bicyclic) bond motifs is 1. The van der Waals surface area contributed by atoms with Gasteiger partial charge in [-0.05, 0) is 36.8 Å². The Morgan fingerprint density at radius 1 is 1.24 bits per heavy atom. The zero-order valence-electron chi connectivity index (χ0n) is 9.54. The van der Waals surface area contributed by atoms with Crippen LogP contribution in [-0.2, 0) is 0 Å². The largest absolute Gasteiger partial charge is 0.497 e. The van der Waals surface area contributed by atoms with Crippen molar-refractivity contribution in [3.8, 4) is 16.2 Å². The van der Waals surface area contributed by atoms with E-state index in [1.165, 1.54) is 10.4 Å². The van der Waals surface area contributed by atoms with Crippen LogP contribution in [0.5, 0.6) is 5.75 Å². The molecular weight excluding hydrogens is 234 g/mol. The maximum atomic E-state index is 5.15. The van der Waals surface area contributed by atoms with Crippen LogP contribution in [0.3, 0.4) is 0 Å². The van der Waals surface area contributed by atoms with E-state index in [4.69, 9.17) is 4.74 Å². The molecule has 0 N–H and O–H groups in total. The van der Waals surface area contributed by atoms with Gasteiger partial charge in [-0.15, -0.1) is 0 Å². The second kappa shape index (κ2) is 3.85. The maximum Gasteiger partial charge on any atom is 0.212 e. The molecule has 0 saturated carbocycles. The third-order valence-corrected chi connectivity index (χ3v) is 3.90. The van der Waals surface area contributed by atoms with E-state index < -0.39 is 0 Å². The fourth-order valence-corrected chi connectivity index (χ4v) is 2.84. The molecule has 0 radical (unpaired) electrons. The van der Waals surface area contributed by atoms with Crippen LogP contribution in [0.1, 0.15) is 5.69 Å². The normalized spacial score (nSPS) is 10.9. The smallest absolute Gasteiger partial charge is 0.212 e. The van der Waals surface area contributed by atoms with Crippen molar-refractivity contribution < 1.29 is 4.74 Å². The van der Waals surface area contributed by atoms with E-state index in [1.54, 1.807) is 24.8 Å². The van der Waals surface area contributed by atoms with Crippen molar-refractivity contribution in [1.82, 2.24) is 14.6 Å². The Kier molecular flexibility index (Phi) is 2.33. The zero-order valence-corrected chi connectivity index (χ0v) is 10.4. The zero-order chi connectivity index (χ0) is 11.8. The quantitative estimate of drug-likeness (QED) is 0.697. The SMILES string of the molecule is COc1ccc(-c2sc3ncnn3c2C)cc1. The van der Waals surface area contributed by atoms with E-state index in [9.17, 15) is 0 Å². The van der Waals surface area contributed by atoms with Crippen LogP contribution in [0.4, 0.5) is 0 Å². The highest BCUT2D eigenvalue weighted by atomic mass is 32.1. The first kappa shape index (κ1) is 10.3. The molecule has 0 bridgehead atoms. The minimum absolute atomic E-state index is 0.867. The van der Waals surface area contributed by atoms with Gasteiger partial charge in [0.1, 0.15) is 12.1 Å². The first-order valence-corrected chi connectivity index (χ1v) is 6.05. The standard InChI is InChI=1S/C12H11N3OS/c1-8-11(17-12-13-7-14-15(8)12)9-3-5-10(16-2)6-4-9/h3-7H,1-2H3. The Hall–Kier alpha value is -1.88. The van der Waals surface area contributed by atoms with Gasteiger partial charge in [-0.25, -0.2) is 9.50 Å². The number of methoxy groups -OCH3 is 1. The summed E-state index contributed by atoms with van der Waals surface area (Å²) in [6, 6.07) is 8.03. The van der Waals surface area contributed by atoms with Crippen LogP contribution in [0.2, 0.25) is 0 Å². The molecule has 5 heteroatoms. The lowest BCUT2D eigenvalue weighted by molar-refractivity contribution is 0.415. The fourth-order valence-electron chi connectivity index (χ4n) is 1.80. The van der Waals surface area contributed by atoms with Crippen molar-refractivity contribution >= 4 is 16.3 Å². The Bertz CT molecular complexity index is 654. The van der Waals surface area contributed by atoms with Crippen molar-refractivity contribution in [2.45, 2.75) is 6.92 Å². The summed E-state index contributed by atoms with van der Waals surface area (Å²) in [6.07, 6.45) is 1.58. The van der Waals surface area contributed by atoms with Gasteiger partial charge in [0.15, 0.2) is 0 Å². The predicted octanol–water partition coefficient (Wildman–Crippen LogP) is 2.77. The third-order valence-electron chi connectivity index (χ3n) is 2.71. The molecule has 17 heavy (non-hydrogen) atoms. The lowest BCUT2D eigenvalue weighted by atomic mass is 10.1.